The molecule has 0 aliphatic rings. The van der Waals surface area contributed by atoms with Crippen molar-refractivity contribution in [2.24, 2.45) is 23.3 Å². The first-order valence-corrected chi connectivity index (χ1v) is 23.5. The van der Waals surface area contributed by atoms with Gasteiger partial charge in [0.05, 0.1) is 33.4 Å². The third kappa shape index (κ3) is 16.1. The quantitative estimate of drug-likeness (QED) is 0.0479. The minimum Gasteiger partial charge on any atom is -0.475 e. The van der Waals surface area contributed by atoms with Crippen molar-refractivity contribution < 1.29 is 62.3 Å². The van der Waals surface area contributed by atoms with Crippen LogP contribution in [0.4, 0.5) is 4.79 Å². The summed E-state index contributed by atoms with van der Waals surface area (Å²) in [5.41, 5.74) is 10.0. The molecule has 66 heavy (non-hydrogen) atoms. The van der Waals surface area contributed by atoms with Gasteiger partial charge in [-0.05, 0) is 55.1 Å². The van der Waals surface area contributed by atoms with Gasteiger partial charge in [-0.15, -0.1) is 4.48 Å². The molecule has 0 aliphatic heterocycles. The van der Waals surface area contributed by atoms with Gasteiger partial charge in [0.25, 0.3) is 11.6 Å². The summed E-state index contributed by atoms with van der Waals surface area (Å²) >= 11 is 1.50. The first-order chi connectivity index (χ1) is 30.9. The zero-order valence-electron chi connectivity index (χ0n) is 40.3. The molecule has 0 spiro atoms. The van der Waals surface area contributed by atoms with Crippen LogP contribution in [-0.4, -0.2) is 159 Å². The number of amides is 9. The Morgan fingerprint density at radius 2 is 1.32 bits per heavy atom. The molecule has 0 heterocycles. The van der Waals surface area contributed by atoms with Gasteiger partial charge in [0, 0.05) is 59.4 Å². The highest BCUT2D eigenvalue weighted by Crippen LogP contribution is 2.37. The van der Waals surface area contributed by atoms with Crippen molar-refractivity contribution in [2.75, 3.05) is 51.3 Å². The van der Waals surface area contributed by atoms with E-state index in [0.717, 1.165) is 30.6 Å². The first kappa shape index (κ1) is 58.9. The number of hydrogen-bond donors (Lipinski definition) is 5. The van der Waals surface area contributed by atoms with Gasteiger partial charge in [0.1, 0.15) is 12.1 Å². The number of carbonyl (C=O) groups is 10. The van der Waals surface area contributed by atoms with Gasteiger partial charge >= 0.3 is 29.8 Å². The molecule has 20 nitrogen and oxygen atoms in total. The van der Waals surface area contributed by atoms with Crippen LogP contribution in [0.3, 0.4) is 0 Å². The SMILES string of the molecule is CSCC[C@H](N)C(=O)N[C@@H](CC(C)C)C(=O)N[C@@H](Cc1ccccc1)C(=O)N(CCN(CCN)[C@@](CCCCN(C(C)=O)C(C)=O)(C(=O)O)[N+](C(C)=O)(C(C)=O)C(C)=O)C(=O)OCC(C)C. The molecule has 4 atom stereocenters. The Kier molecular flexibility index (Phi) is 25.2. The third-order valence-corrected chi connectivity index (χ3v) is 11.6. The summed E-state index contributed by atoms with van der Waals surface area (Å²) in [5.74, 6) is -8.36. The maximum absolute atomic E-state index is 14.9. The molecular formula is C45H73N8O12S+. The number of benzene rings is 1. The number of nitrogens with two attached hydrogens (primary N) is 2. The fourth-order valence-corrected chi connectivity index (χ4v) is 8.37. The lowest BCUT2D eigenvalue weighted by atomic mass is 9.92. The van der Waals surface area contributed by atoms with E-state index in [1.165, 1.54) is 25.6 Å². The molecule has 7 N–H and O–H groups in total. The molecule has 0 saturated carbocycles. The highest BCUT2D eigenvalue weighted by atomic mass is 32.2. The van der Waals surface area contributed by atoms with Crippen LogP contribution >= 0.6 is 11.8 Å². The molecule has 0 bridgehead atoms. The number of aliphatic carboxylic acids is 1. The van der Waals surface area contributed by atoms with E-state index in [4.69, 9.17) is 16.2 Å². The van der Waals surface area contributed by atoms with Gasteiger partial charge in [-0.2, -0.15) is 11.8 Å². The van der Waals surface area contributed by atoms with Gasteiger partial charge in [-0.3, -0.25) is 28.9 Å². The van der Waals surface area contributed by atoms with Crippen LogP contribution in [0, 0.1) is 11.8 Å². The van der Waals surface area contributed by atoms with Crippen molar-refractivity contribution in [3.05, 3.63) is 35.9 Å². The summed E-state index contributed by atoms with van der Waals surface area (Å²) in [4.78, 5) is 139. The lowest BCUT2D eigenvalue weighted by Gasteiger charge is -2.49. The van der Waals surface area contributed by atoms with E-state index < -0.39 is 114 Å². The molecule has 370 valence electrons. The Morgan fingerprint density at radius 3 is 1.79 bits per heavy atom. The predicted octanol–water partition coefficient (Wildman–Crippen LogP) is 2.01. The number of imide groups is 5. The average Bonchev–Trinajstić information content (AvgIpc) is 3.22. The van der Waals surface area contributed by atoms with Crippen molar-refractivity contribution in [3.8, 4) is 0 Å². The van der Waals surface area contributed by atoms with E-state index in [1.54, 1.807) is 44.2 Å². The molecular weight excluding hydrogens is 877 g/mol. The topological polar surface area (TPSA) is 286 Å². The summed E-state index contributed by atoms with van der Waals surface area (Å²) in [6.07, 6.45) is 0.302. The van der Waals surface area contributed by atoms with Crippen molar-refractivity contribution in [2.45, 2.75) is 125 Å². The monoisotopic (exact) mass is 950 g/mol. The largest absolute Gasteiger partial charge is 0.475 e. The molecule has 0 radical (unpaired) electrons. The molecule has 21 heteroatoms. The van der Waals surface area contributed by atoms with Crippen molar-refractivity contribution in [1.82, 2.24) is 25.3 Å². The number of nitrogens with one attached hydrogen (secondary N) is 2. The lowest BCUT2D eigenvalue weighted by Crippen LogP contribution is -2.80. The molecule has 0 fully saturated rings. The third-order valence-electron chi connectivity index (χ3n) is 11.0. The Labute approximate surface area is 392 Å². The zero-order valence-corrected chi connectivity index (χ0v) is 41.1. The maximum Gasteiger partial charge on any atom is 0.416 e. The molecule has 0 saturated heterocycles. The number of carboxylic acids is 1. The van der Waals surface area contributed by atoms with Crippen LogP contribution in [0.15, 0.2) is 30.3 Å². The molecule has 9 amide bonds. The Bertz CT molecular complexity index is 1820. The summed E-state index contributed by atoms with van der Waals surface area (Å²) in [6, 6.07) is 5.02. The number of hydrogen-bond acceptors (Lipinski definition) is 15. The number of nitrogens with zero attached hydrogens (tertiary/aromatic N) is 4. The number of carbonyl (C=O) groups excluding carboxylic acids is 9. The number of quaternary nitrogens is 1. The molecule has 1 rings (SSSR count). The van der Waals surface area contributed by atoms with E-state index in [0.29, 0.717) is 22.6 Å². The average molecular weight is 950 g/mol. The van der Waals surface area contributed by atoms with Gasteiger partial charge in [0.15, 0.2) is 0 Å². The second-order valence-corrected chi connectivity index (χ2v) is 18.0. The van der Waals surface area contributed by atoms with Gasteiger partial charge in [-0.25, -0.2) is 33.8 Å². The van der Waals surface area contributed by atoms with E-state index in [9.17, 15) is 53.1 Å². The number of rotatable bonds is 27. The summed E-state index contributed by atoms with van der Waals surface area (Å²) in [6.45, 7) is 9.99. The fraction of sp³-hybridized carbons (Fsp3) is 0.644. The molecule has 0 unspecified atom stereocenters. The Balaban J connectivity index is 4.06. The van der Waals surface area contributed by atoms with Crippen LogP contribution in [-0.2, 0) is 54.3 Å². The van der Waals surface area contributed by atoms with Gasteiger partial charge in [0.2, 0.25) is 23.6 Å². The van der Waals surface area contributed by atoms with Crippen LogP contribution in [0.5, 0.6) is 0 Å². The minimum atomic E-state index is -2.74. The fourth-order valence-electron chi connectivity index (χ4n) is 7.88. The number of carboxylic acid groups (broad SMARTS) is 1. The van der Waals surface area contributed by atoms with Crippen molar-refractivity contribution >= 4 is 71.1 Å². The molecule has 0 aromatic heterocycles. The van der Waals surface area contributed by atoms with Crippen molar-refractivity contribution in [3.63, 3.8) is 0 Å². The Hall–Kier alpha value is -5.09. The molecule has 1 aromatic rings. The van der Waals surface area contributed by atoms with E-state index >= 15 is 0 Å². The highest BCUT2D eigenvalue weighted by Gasteiger charge is 2.69. The smallest absolute Gasteiger partial charge is 0.416 e. The van der Waals surface area contributed by atoms with E-state index in [-0.39, 0.29) is 57.2 Å². The normalized spacial score (nSPS) is 13.8. The van der Waals surface area contributed by atoms with Gasteiger partial charge < -0.3 is 31.9 Å². The summed E-state index contributed by atoms with van der Waals surface area (Å²) < 4.78 is 3.69. The van der Waals surface area contributed by atoms with Crippen LogP contribution < -0.4 is 22.1 Å². The molecule has 0 aliphatic carbocycles. The second-order valence-electron chi connectivity index (χ2n) is 17.1. The maximum atomic E-state index is 14.9. The molecule has 1 aromatic carbocycles. The predicted molar refractivity (Wildman–Crippen MR) is 248 cm³/mol. The zero-order chi connectivity index (χ0) is 50.5. The number of thioether (sulfide) groups is 1. The number of unbranched alkanes of at least 4 members (excludes halogenated alkanes) is 1. The van der Waals surface area contributed by atoms with Crippen molar-refractivity contribution in [1.29, 1.82) is 0 Å². The first-order valence-electron chi connectivity index (χ1n) is 22.1. The lowest BCUT2D eigenvalue weighted by molar-refractivity contribution is -0.770. The highest BCUT2D eigenvalue weighted by molar-refractivity contribution is 7.98. The van der Waals surface area contributed by atoms with E-state index in [2.05, 4.69) is 10.6 Å². The Morgan fingerprint density at radius 1 is 0.758 bits per heavy atom. The van der Waals surface area contributed by atoms with E-state index in [1.807, 2.05) is 20.1 Å². The standard InChI is InChI=1S/C45H72N8O12S/c1-29(2)26-38(48-40(59)37(47)18-25-66-10)41(60)49-39(27-36-16-12-11-13-17-36)42(61)52(44(64)65-28-30(3)4)24-23-50(22-20-46)45(43(62)63,53(33(7)56,34(8)57)35(9)58)19-14-15-21-51(31(5)54)32(6)55/h11-13,16-17,29-30,37-39H,14-15,18-28,46-47H2,1-10H3,(H2-,48,49,59,60,62,63)/p+1/t37-,38-,39-,45+/m0/s1. The summed E-state index contributed by atoms with van der Waals surface area (Å²) in [5, 5.41) is 16.7. The minimum absolute atomic E-state index is 0.00657. The van der Waals surface area contributed by atoms with Crippen LogP contribution in [0.2, 0.25) is 0 Å². The summed E-state index contributed by atoms with van der Waals surface area (Å²) in [7, 11) is 0. The van der Waals surface area contributed by atoms with Gasteiger partial charge in [-0.1, -0.05) is 58.0 Å². The van der Waals surface area contributed by atoms with Crippen LogP contribution in [0.1, 0.15) is 100.0 Å². The second kappa shape index (κ2) is 28.2. The van der Waals surface area contributed by atoms with Crippen LogP contribution in [0.25, 0.3) is 0 Å². The number of ether oxygens (including phenoxy) is 1.